The fourth-order valence-corrected chi connectivity index (χ4v) is 7.22. The highest BCUT2D eigenvalue weighted by Gasteiger charge is 2.48. The summed E-state index contributed by atoms with van der Waals surface area (Å²) in [5.41, 5.74) is -0.455. The third-order valence-electron chi connectivity index (χ3n) is 9.48. The number of rotatable bonds is 14. The smallest absolute Gasteiger partial charge is 0.417 e. The minimum absolute atomic E-state index is 0.0312. The van der Waals surface area contributed by atoms with Crippen LogP contribution in [0.5, 0.6) is 11.5 Å². The summed E-state index contributed by atoms with van der Waals surface area (Å²) in [7, 11) is 4.43. The van der Waals surface area contributed by atoms with Crippen LogP contribution in [0.4, 0.5) is 19.7 Å². The van der Waals surface area contributed by atoms with Crippen LogP contribution < -0.4 is 20.1 Å². The van der Waals surface area contributed by atoms with E-state index in [9.17, 15) is 18.8 Å². The van der Waals surface area contributed by atoms with Crippen LogP contribution in [-0.2, 0) is 30.3 Å². The number of piperidine rings is 2. The summed E-state index contributed by atoms with van der Waals surface area (Å²) in [6.07, 6.45) is 4.26. The molecule has 2 fully saturated rings. The molecule has 16 heteroatoms. The Labute approximate surface area is 335 Å². The van der Waals surface area contributed by atoms with Gasteiger partial charge in [-0.1, -0.05) is 18.3 Å². The van der Waals surface area contributed by atoms with Gasteiger partial charge in [0.05, 0.1) is 30.6 Å². The first-order valence-corrected chi connectivity index (χ1v) is 19.4. The predicted molar refractivity (Wildman–Crippen MR) is 212 cm³/mol. The van der Waals surface area contributed by atoms with Gasteiger partial charge in [-0.05, 0) is 91.3 Å². The maximum atomic E-state index is 14.7. The van der Waals surface area contributed by atoms with Crippen LogP contribution in [0.1, 0.15) is 72.8 Å². The summed E-state index contributed by atoms with van der Waals surface area (Å²) in [6, 6.07) is 5.55. The number of pyridine rings is 1. The lowest BCUT2D eigenvalue weighted by atomic mass is 9.80. The molecule has 3 amide bonds. The topological polar surface area (TPSA) is 150 Å². The number of thiocarbonyl (C=S) groups is 1. The first-order valence-electron chi connectivity index (χ1n) is 18.9. The summed E-state index contributed by atoms with van der Waals surface area (Å²) in [4.78, 5) is 48.0. The molecule has 0 radical (unpaired) electrons. The number of methoxy groups -OCH3 is 3. The average molecular weight is 804 g/mol. The van der Waals surface area contributed by atoms with E-state index in [-0.39, 0.29) is 47.4 Å². The number of ether oxygens (including phenoxy) is 6. The molecule has 0 saturated carbocycles. The van der Waals surface area contributed by atoms with Crippen molar-refractivity contribution in [1.29, 1.82) is 0 Å². The van der Waals surface area contributed by atoms with Crippen molar-refractivity contribution >= 4 is 41.0 Å². The number of benzene rings is 1. The number of para-hydroxylation sites is 1. The highest BCUT2D eigenvalue weighted by Crippen LogP contribution is 2.34. The number of imide groups is 1. The molecule has 56 heavy (non-hydrogen) atoms. The van der Waals surface area contributed by atoms with Crippen LogP contribution >= 0.6 is 12.2 Å². The number of aromatic nitrogens is 1. The van der Waals surface area contributed by atoms with Crippen LogP contribution in [0.2, 0.25) is 0 Å². The molecular weight excluding hydrogens is 746 g/mol. The molecule has 0 aliphatic carbocycles. The van der Waals surface area contributed by atoms with Crippen LogP contribution in [0.15, 0.2) is 36.7 Å². The third kappa shape index (κ3) is 12.4. The summed E-state index contributed by atoms with van der Waals surface area (Å²) in [5.74, 6) is -2.09. The van der Waals surface area contributed by atoms with Gasteiger partial charge >= 0.3 is 12.2 Å². The van der Waals surface area contributed by atoms with Crippen LogP contribution in [0.25, 0.3) is 0 Å². The van der Waals surface area contributed by atoms with Gasteiger partial charge in [0, 0.05) is 64.1 Å². The number of anilines is 1. The molecule has 2 aliphatic heterocycles. The van der Waals surface area contributed by atoms with Crippen molar-refractivity contribution in [3.05, 3.63) is 48.0 Å². The predicted octanol–water partition coefficient (Wildman–Crippen LogP) is 6.56. The van der Waals surface area contributed by atoms with Crippen molar-refractivity contribution in [1.82, 2.24) is 20.1 Å². The number of likely N-dealkylation sites (tertiary alicyclic amines) is 2. The number of amides is 3. The van der Waals surface area contributed by atoms with Gasteiger partial charge in [0.15, 0.2) is 17.9 Å². The van der Waals surface area contributed by atoms with Gasteiger partial charge < -0.3 is 44.0 Å². The van der Waals surface area contributed by atoms with Crippen LogP contribution in [0, 0.1) is 23.6 Å². The molecule has 3 heterocycles. The Hall–Kier alpha value is -4.12. The normalized spacial score (nSPS) is 20.4. The van der Waals surface area contributed by atoms with E-state index >= 15 is 0 Å². The molecule has 1 aromatic heterocycles. The molecule has 4 rings (SSSR count). The van der Waals surface area contributed by atoms with Gasteiger partial charge in [-0.2, -0.15) is 0 Å². The van der Waals surface area contributed by atoms with E-state index in [1.54, 1.807) is 58.4 Å². The van der Waals surface area contributed by atoms with E-state index in [4.69, 9.17) is 40.6 Å². The Kier molecular flexibility index (Phi) is 15.8. The van der Waals surface area contributed by atoms with Crippen LogP contribution in [-0.4, -0.2) is 109 Å². The molecule has 0 bridgehead atoms. The van der Waals surface area contributed by atoms with E-state index in [1.807, 2.05) is 26.8 Å². The monoisotopic (exact) mass is 803 g/mol. The molecule has 14 nitrogen and oxygen atoms in total. The lowest BCUT2D eigenvalue weighted by Gasteiger charge is -2.43. The van der Waals surface area contributed by atoms with E-state index < -0.39 is 47.3 Å². The third-order valence-corrected chi connectivity index (χ3v) is 9.84. The molecule has 2 saturated heterocycles. The van der Waals surface area contributed by atoms with E-state index in [2.05, 4.69) is 15.6 Å². The van der Waals surface area contributed by atoms with Gasteiger partial charge in [0.25, 0.3) is 0 Å². The Balaban J connectivity index is 1.62. The van der Waals surface area contributed by atoms with Gasteiger partial charge in [-0.25, -0.2) is 18.9 Å². The number of halogens is 1. The highest BCUT2D eigenvalue weighted by atomic mass is 32.1. The molecule has 2 N–H and O–H groups in total. The molecule has 1 aromatic carbocycles. The molecule has 2 aromatic rings. The molecule has 4 unspecified atom stereocenters. The second kappa shape index (κ2) is 19.8. The zero-order valence-electron chi connectivity index (χ0n) is 34.0. The number of nitrogens with one attached hydrogen (secondary N) is 2. The first-order chi connectivity index (χ1) is 26.4. The molecular formula is C40H58FN5O9S. The lowest BCUT2D eigenvalue weighted by molar-refractivity contribution is -0.139. The van der Waals surface area contributed by atoms with E-state index in [0.29, 0.717) is 38.3 Å². The van der Waals surface area contributed by atoms with Crippen molar-refractivity contribution in [2.24, 2.45) is 17.8 Å². The van der Waals surface area contributed by atoms with Gasteiger partial charge in [-0.15, -0.1) is 0 Å². The molecule has 2 aliphatic rings. The summed E-state index contributed by atoms with van der Waals surface area (Å²) in [6.45, 7) is 12.5. The summed E-state index contributed by atoms with van der Waals surface area (Å²) in [5, 5.41) is 6.62. The quantitative estimate of drug-likeness (QED) is 0.157. The largest absolute Gasteiger partial charge is 0.492 e. The Morgan fingerprint density at radius 3 is 2.38 bits per heavy atom. The standard InChI is InChI=1S/C40H58FN5O9S/c1-39(2,3)54-37(48)45-19-11-12-25(22-45)24-53-30-21-42-18-17-26(30)20-43-33-27(15-16-31(50-7)51-8)23-46(38(49)55-40(4,5)6)36(47)32(33)35(56)44-29-14-10-13-28(41)34(29)52-9/h10,13-14,17-18,21,25,27,31-33,43H,11-12,15-16,19-20,22-24H2,1-9H3,(H,44,56). The van der Waals surface area contributed by atoms with Gasteiger partial charge in [0.2, 0.25) is 5.91 Å². The van der Waals surface area contributed by atoms with Crippen molar-refractivity contribution in [3.8, 4) is 11.5 Å². The van der Waals surface area contributed by atoms with Gasteiger partial charge in [0.1, 0.15) is 22.9 Å². The minimum Gasteiger partial charge on any atom is -0.492 e. The van der Waals surface area contributed by atoms with Crippen molar-refractivity contribution in [3.63, 3.8) is 0 Å². The number of carbonyl (C=O) groups excluding carboxylic acids is 3. The Morgan fingerprint density at radius 2 is 1.71 bits per heavy atom. The number of carbonyl (C=O) groups is 3. The van der Waals surface area contributed by atoms with E-state index in [1.165, 1.54) is 19.2 Å². The maximum Gasteiger partial charge on any atom is 0.417 e. The fraction of sp³-hybridized carbons (Fsp3) is 0.625. The lowest BCUT2D eigenvalue weighted by Crippen LogP contribution is -2.62. The molecule has 0 spiro atoms. The number of hydrogen-bond acceptors (Lipinski definition) is 12. The van der Waals surface area contributed by atoms with Gasteiger partial charge in [-0.3, -0.25) is 9.78 Å². The maximum absolute atomic E-state index is 14.7. The number of hydrogen-bond donors (Lipinski definition) is 2. The Morgan fingerprint density at radius 1 is 1.02 bits per heavy atom. The zero-order valence-corrected chi connectivity index (χ0v) is 34.8. The van der Waals surface area contributed by atoms with Crippen LogP contribution in [0.3, 0.4) is 0 Å². The minimum atomic E-state index is -1.10. The number of nitrogens with zero attached hydrogens (tertiary/aromatic N) is 3. The zero-order chi connectivity index (χ0) is 41.2. The van der Waals surface area contributed by atoms with E-state index in [0.717, 1.165) is 23.3 Å². The van der Waals surface area contributed by atoms with Crippen molar-refractivity contribution in [2.75, 3.05) is 52.9 Å². The fourth-order valence-electron chi connectivity index (χ4n) is 6.86. The summed E-state index contributed by atoms with van der Waals surface area (Å²) < 4.78 is 48.6. The molecule has 310 valence electrons. The SMILES string of the molecule is COc1c(F)cccc1NC(=S)C1C(=O)N(C(=O)OC(C)(C)C)CC(CCC(OC)OC)C1NCc1ccncc1OCC1CCCN(C(=O)OC(C)(C)C)C1. The second-order valence-electron chi connectivity index (χ2n) is 16.1. The van der Waals surface area contributed by atoms with Crippen molar-refractivity contribution < 1.29 is 47.2 Å². The first kappa shape index (κ1) is 44.6. The van der Waals surface area contributed by atoms with Crippen molar-refractivity contribution in [2.45, 2.75) is 97.3 Å². The second-order valence-corrected chi connectivity index (χ2v) is 16.5. The molecule has 4 atom stereocenters. The average Bonchev–Trinajstić information content (AvgIpc) is 3.13. The summed E-state index contributed by atoms with van der Waals surface area (Å²) >= 11 is 5.92. The highest BCUT2D eigenvalue weighted by molar-refractivity contribution is 7.80. The Bertz CT molecular complexity index is 1670.